The van der Waals surface area contributed by atoms with Crippen molar-refractivity contribution in [3.05, 3.63) is 17.7 Å². The maximum atomic E-state index is 12.7. The number of aliphatic hydroxyl groups excluding tert-OH is 2. The number of imide groups is 1. The maximum absolute atomic E-state index is 12.7. The summed E-state index contributed by atoms with van der Waals surface area (Å²) in [7, 11) is 3.72. The molecule has 1 aliphatic rings. The van der Waals surface area contributed by atoms with Gasteiger partial charge in [-0.1, -0.05) is 29.5 Å². The summed E-state index contributed by atoms with van der Waals surface area (Å²) >= 11 is 0. The Bertz CT molecular complexity index is 739. The lowest BCUT2D eigenvalue weighted by Crippen LogP contribution is -2.36. The first-order valence-corrected chi connectivity index (χ1v) is 10.3. The molecule has 0 unspecified atom stereocenters. The molecule has 1 aromatic rings. The van der Waals surface area contributed by atoms with E-state index in [1.165, 1.54) is 4.90 Å². The Morgan fingerprint density at radius 1 is 1.03 bits per heavy atom. The number of aliphatic hydroxyl groups is 2. The Morgan fingerprint density at radius 2 is 1.67 bits per heavy atom. The minimum absolute atomic E-state index is 0.0577. The molecular weight excluding hydrogens is 386 g/mol. The van der Waals surface area contributed by atoms with Gasteiger partial charge in [0.05, 0.1) is 5.69 Å². The summed E-state index contributed by atoms with van der Waals surface area (Å²) in [6, 6.07) is 3.65. The number of carbonyl (C=O) groups is 4. The van der Waals surface area contributed by atoms with Crippen LogP contribution in [0.2, 0.25) is 0 Å². The summed E-state index contributed by atoms with van der Waals surface area (Å²) in [5.41, 5.74) is 2.60. The summed E-state index contributed by atoms with van der Waals surface area (Å²) in [5, 5.41) is 18.4. The molecule has 1 aromatic carbocycles. The highest BCUT2D eigenvalue weighted by molar-refractivity contribution is 6.43. The number of hydrogen-bond donors (Lipinski definition) is 3. The van der Waals surface area contributed by atoms with Crippen molar-refractivity contribution in [2.75, 3.05) is 24.7 Å². The van der Waals surface area contributed by atoms with Crippen molar-refractivity contribution in [3.8, 4) is 0 Å². The van der Waals surface area contributed by atoms with Crippen LogP contribution in [0.1, 0.15) is 55.3 Å². The number of anilines is 1. The van der Waals surface area contributed by atoms with Crippen LogP contribution < -0.4 is 21.1 Å². The van der Waals surface area contributed by atoms with E-state index >= 15 is 0 Å². The van der Waals surface area contributed by atoms with Crippen molar-refractivity contribution in [1.82, 2.24) is 5.32 Å². The molecule has 2 rings (SSSR count). The molecule has 1 aliphatic heterocycles. The number of ketones is 1. The fraction of sp³-hybridized carbons (Fsp3) is 0.500. The monoisotopic (exact) mass is 416 g/mol. The van der Waals surface area contributed by atoms with Gasteiger partial charge in [0, 0.05) is 44.6 Å². The van der Waals surface area contributed by atoms with E-state index in [0.717, 1.165) is 23.8 Å². The third-order valence-corrected chi connectivity index (χ3v) is 4.64. The second-order valence-corrected chi connectivity index (χ2v) is 7.21. The van der Waals surface area contributed by atoms with E-state index in [0.29, 0.717) is 43.5 Å². The number of unbranched alkanes of at least 4 members (excludes halogenated alkanes) is 2. The van der Waals surface area contributed by atoms with Gasteiger partial charge in [0.2, 0.25) is 18.2 Å². The lowest BCUT2D eigenvalue weighted by molar-refractivity contribution is -0.121. The van der Waals surface area contributed by atoms with Crippen molar-refractivity contribution < 1.29 is 29.4 Å². The number of carbonyl (C=O) groups excluding carboxylic acids is 4. The van der Waals surface area contributed by atoms with Gasteiger partial charge in [-0.3, -0.25) is 24.1 Å². The molecule has 0 saturated carbocycles. The smallest absolute Gasteiger partial charge is 0.234 e. The first kappa shape index (κ1) is 25.6. The Hall–Kier alpha value is -2.45. The van der Waals surface area contributed by atoms with Crippen LogP contribution in [0.25, 0.3) is 0 Å². The number of amides is 3. The van der Waals surface area contributed by atoms with Gasteiger partial charge in [-0.2, -0.15) is 0 Å². The predicted molar refractivity (Wildman–Crippen MR) is 120 cm³/mol. The number of hydrogen-bond acceptors (Lipinski definition) is 6. The van der Waals surface area contributed by atoms with Gasteiger partial charge in [-0.05, 0) is 19.3 Å². The van der Waals surface area contributed by atoms with Crippen LogP contribution in [0, 0.1) is 0 Å². The van der Waals surface area contributed by atoms with E-state index in [4.69, 9.17) is 10.2 Å². The molecule has 0 atom stereocenters. The highest BCUT2D eigenvalue weighted by atomic mass is 16.3. The van der Waals surface area contributed by atoms with E-state index in [9.17, 15) is 19.2 Å². The molecule has 162 valence electrons. The minimum atomic E-state index is -0.244. The van der Waals surface area contributed by atoms with E-state index in [1.807, 2.05) is 21.8 Å². The van der Waals surface area contributed by atoms with Crippen molar-refractivity contribution in [1.29, 1.82) is 0 Å². The number of nitrogens with one attached hydrogen (secondary N) is 1. The van der Waals surface area contributed by atoms with Crippen LogP contribution in [-0.4, -0.2) is 69.7 Å². The molecule has 0 bridgehead atoms. The summed E-state index contributed by atoms with van der Waals surface area (Å²) < 4.78 is 0. The van der Waals surface area contributed by atoms with Crippen molar-refractivity contribution >= 4 is 56.3 Å². The van der Waals surface area contributed by atoms with Crippen molar-refractivity contribution in [2.24, 2.45) is 0 Å². The largest absolute Gasteiger partial charge is 0.396 e. The minimum Gasteiger partial charge on any atom is -0.396 e. The highest BCUT2D eigenvalue weighted by Crippen LogP contribution is 2.25. The fourth-order valence-electron chi connectivity index (χ4n) is 3.25. The predicted octanol–water partition coefficient (Wildman–Crippen LogP) is -2.29. The normalized spacial score (nSPS) is 13.1. The lowest BCUT2D eigenvalue weighted by atomic mass is 9.82. The number of nitrogens with zero attached hydrogens (tertiary/aromatic N) is 1. The van der Waals surface area contributed by atoms with Gasteiger partial charge in [-0.25, -0.2) is 0 Å². The molecule has 0 aromatic heterocycles. The Labute approximate surface area is 178 Å². The molecule has 0 radical (unpaired) electrons. The zero-order chi connectivity index (χ0) is 22.5. The third-order valence-electron chi connectivity index (χ3n) is 4.64. The summed E-state index contributed by atoms with van der Waals surface area (Å²) in [4.78, 5) is 48.3. The molecular formula is C20H30B2N2O6. The van der Waals surface area contributed by atoms with Gasteiger partial charge < -0.3 is 15.5 Å². The molecule has 1 saturated heterocycles. The van der Waals surface area contributed by atoms with Gasteiger partial charge in [-0.15, -0.1) is 0 Å². The number of benzene rings is 1. The van der Waals surface area contributed by atoms with Crippen LogP contribution in [-0.2, 0) is 14.4 Å². The van der Waals surface area contributed by atoms with Crippen molar-refractivity contribution in [3.63, 3.8) is 0 Å². The van der Waals surface area contributed by atoms with Gasteiger partial charge in [0.15, 0.2) is 5.78 Å². The first-order chi connectivity index (χ1) is 14.4. The van der Waals surface area contributed by atoms with Crippen LogP contribution >= 0.6 is 0 Å². The molecule has 8 nitrogen and oxygen atoms in total. The molecule has 3 N–H and O–H groups in total. The SMILES string of the molecule is Bc1cc(B)c(N2C(=O)CCC2=O)c(C(=O)CCCCCNC=O)c1.OCCCO. The summed E-state index contributed by atoms with van der Waals surface area (Å²) in [5.74, 6) is -0.547. The average Bonchev–Trinajstić information content (AvgIpc) is 3.03. The van der Waals surface area contributed by atoms with E-state index in [-0.39, 0.29) is 43.7 Å². The molecule has 1 fully saturated rings. The Kier molecular flexibility index (Phi) is 11.7. The Morgan fingerprint density at radius 3 is 2.20 bits per heavy atom. The first-order valence-electron chi connectivity index (χ1n) is 10.3. The van der Waals surface area contributed by atoms with Crippen LogP contribution in [0.4, 0.5) is 5.69 Å². The molecule has 0 spiro atoms. The zero-order valence-corrected chi connectivity index (χ0v) is 17.8. The van der Waals surface area contributed by atoms with E-state index in [2.05, 4.69) is 5.32 Å². The summed E-state index contributed by atoms with van der Waals surface area (Å²) in [6.45, 7) is 0.788. The second-order valence-electron chi connectivity index (χ2n) is 7.21. The molecule has 3 amide bonds. The second kappa shape index (κ2) is 13.7. The fourth-order valence-corrected chi connectivity index (χ4v) is 3.25. The lowest BCUT2D eigenvalue weighted by Gasteiger charge is -2.21. The van der Waals surface area contributed by atoms with Gasteiger partial charge >= 0.3 is 0 Å². The third kappa shape index (κ3) is 7.76. The molecule has 10 heteroatoms. The quantitative estimate of drug-likeness (QED) is 0.123. The van der Waals surface area contributed by atoms with E-state index < -0.39 is 0 Å². The molecule has 1 heterocycles. The summed E-state index contributed by atoms with van der Waals surface area (Å²) in [6.07, 6.45) is 4.26. The van der Waals surface area contributed by atoms with Crippen LogP contribution in [0.5, 0.6) is 0 Å². The Balaban J connectivity index is 0.000000804. The zero-order valence-electron chi connectivity index (χ0n) is 17.8. The standard InChI is InChI=1S/C17H22B2N2O4.C3H8O2/c18-11-8-12(14(23)4-2-1-3-7-20-10-22)17(13(19)9-11)21-15(24)5-6-16(21)25;4-2-1-3-5/h8-10H,1-7,18-19H2,(H,20,22);4-5H,1-3H2. The van der Waals surface area contributed by atoms with Crippen LogP contribution in [0.3, 0.4) is 0 Å². The van der Waals surface area contributed by atoms with Crippen molar-refractivity contribution in [2.45, 2.75) is 44.9 Å². The maximum Gasteiger partial charge on any atom is 0.234 e. The molecule has 0 aliphatic carbocycles. The molecule has 30 heavy (non-hydrogen) atoms. The number of rotatable bonds is 11. The average molecular weight is 416 g/mol. The van der Waals surface area contributed by atoms with Gasteiger partial charge in [0.1, 0.15) is 15.7 Å². The highest BCUT2D eigenvalue weighted by Gasteiger charge is 2.33. The van der Waals surface area contributed by atoms with Gasteiger partial charge in [0.25, 0.3) is 0 Å². The van der Waals surface area contributed by atoms with E-state index in [1.54, 1.807) is 6.07 Å². The number of Topliss-reactive ketones (excluding diaryl/α,β-unsaturated/α-hetero) is 1. The topological polar surface area (TPSA) is 124 Å². The van der Waals surface area contributed by atoms with Crippen LogP contribution in [0.15, 0.2) is 12.1 Å².